The summed E-state index contributed by atoms with van der Waals surface area (Å²) in [4.78, 5) is 0. The van der Waals surface area contributed by atoms with Crippen molar-refractivity contribution in [1.82, 2.24) is 5.32 Å². The molecule has 0 saturated heterocycles. The molecule has 2 rings (SSSR count). The van der Waals surface area contributed by atoms with E-state index in [0.717, 1.165) is 17.9 Å². The van der Waals surface area contributed by atoms with Gasteiger partial charge < -0.3 is 10.1 Å². The van der Waals surface area contributed by atoms with Crippen LogP contribution in [0.2, 0.25) is 0 Å². The Bertz CT molecular complexity index is 231. The molecule has 0 aromatic carbocycles. The van der Waals surface area contributed by atoms with Crippen molar-refractivity contribution >= 4 is 0 Å². The van der Waals surface area contributed by atoms with Crippen LogP contribution in [0.1, 0.15) is 58.8 Å². The molecule has 2 heteroatoms. The molecule has 0 spiro atoms. The van der Waals surface area contributed by atoms with Crippen molar-refractivity contribution in [3.8, 4) is 0 Å². The van der Waals surface area contributed by atoms with Gasteiger partial charge in [-0.05, 0) is 43.9 Å². The van der Waals surface area contributed by atoms with Crippen LogP contribution in [-0.2, 0) is 4.74 Å². The van der Waals surface area contributed by atoms with Gasteiger partial charge in [0, 0.05) is 19.2 Å². The van der Waals surface area contributed by atoms with Crippen LogP contribution in [0, 0.1) is 11.8 Å². The molecule has 0 bridgehead atoms. The van der Waals surface area contributed by atoms with E-state index in [9.17, 15) is 0 Å². The summed E-state index contributed by atoms with van der Waals surface area (Å²) < 4.78 is 5.52. The molecule has 2 aliphatic carbocycles. The van der Waals surface area contributed by atoms with E-state index in [0.29, 0.717) is 12.1 Å². The molecule has 0 radical (unpaired) electrons. The summed E-state index contributed by atoms with van der Waals surface area (Å²) in [6.07, 6.45) is 9.84. The molecule has 2 saturated carbocycles. The zero-order valence-corrected chi connectivity index (χ0v) is 11.7. The maximum atomic E-state index is 5.52. The van der Waals surface area contributed by atoms with Crippen molar-refractivity contribution in [2.24, 2.45) is 11.8 Å². The van der Waals surface area contributed by atoms with Gasteiger partial charge in [0.05, 0.1) is 6.10 Å². The molecule has 5 atom stereocenters. The highest BCUT2D eigenvalue weighted by atomic mass is 16.5. The molecular weight excluding hydrogens is 210 g/mol. The summed E-state index contributed by atoms with van der Waals surface area (Å²) in [5.74, 6) is 1.73. The van der Waals surface area contributed by atoms with E-state index in [4.69, 9.17) is 4.74 Å². The topological polar surface area (TPSA) is 21.3 Å². The van der Waals surface area contributed by atoms with Crippen molar-refractivity contribution in [1.29, 1.82) is 0 Å². The zero-order valence-electron chi connectivity index (χ0n) is 11.7. The van der Waals surface area contributed by atoms with Crippen molar-refractivity contribution in [2.45, 2.75) is 77.0 Å². The zero-order chi connectivity index (χ0) is 12.3. The molecule has 0 amide bonds. The second-order valence-corrected chi connectivity index (χ2v) is 6.26. The molecular formula is C15H29NO. The fourth-order valence-electron chi connectivity index (χ4n) is 3.63. The number of ether oxygens (including phenoxy) is 1. The summed E-state index contributed by atoms with van der Waals surface area (Å²) in [7, 11) is 1.86. The maximum absolute atomic E-state index is 5.52. The van der Waals surface area contributed by atoms with Crippen molar-refractivity contribution in [2.75, 3.05) is 7.11 Å². The number of hydrogen-bond donors (Lipinski definition) is 1. The first-order valence-electron chi connectivity index (χ1n) is 7.49. The third-order valence-electron chi connectivity index (χ3n) is 5.12. The van der Waals surface area contributed by atoms with Crippen LogP contribution in [0.5, 0.6) is 0 Å². The van der Waals surface area contributed by atoms with Crippen LogP contribution < -0.4 is 5.32 Å². The third kappa shape index (κ3) is 3.45. The molecule has 2 fully saturated rings. The summed E-state index contributed by atoms with van der Waals surface area (Å²) in [5, 5.41) is 3.92. The summed E-state index contributed by atoms with van der Waals surface area (Å²) in [6, 6.07) is 1.45. The van der Waals surface area contributed by atoms with Gasteiger partial charge in [-0.15, -0.1) is 0 Å². The van der Waals surface area contributed by atoms with Gasteiger partial charge in [-0.3, -0.25) is 0 Å². The minimum atomic E-state index is 0.498. The molecule has 2 aliphatic rings. The molecule has 0 aliphatic heterocycles. The minimum absolute atomic E-state index is 0.498. The number of hydrogen-bond acceptors (Lipinski definition) is 2. The second kappa shape index (κ2) is 6.19. The Morgan fingerprint density at radius 1 is 1.00 bits per heavy atom. The Morgan fingerprint density at radius 3 is 2.53 bits per heavy atom. The maximum Gasteiger partial charge on any atom is 0.0586 e. The average Bonchev–Trinajstić information content (AvgIpc) is 2.35. The van der Waals surface area contributed by atoms with Crippen LogP contribution in [-0.4, -0.2) is 25.3 Å². The molecule has 0 aromatic heterocycles. The van der Waals surface area contributed by atoms with E-state index in [1.807, 2.05) is 7.11 Å². The quantitative estimate of drug-likeness (QED) is 0.815. The standard InChI is InChI=1S/C15H29NO/c1-11-6-4-9-15(12(11)2)16-13-7-5-8-14(10-13)17-3/h11-16H,4-10H2,1-3H3. The van der Waals surface area contributed by atoms with Gasteiger partial charge in [0.15, 0.2) is 0 Å². The second-order valence-electron chi connectivity index (χ2n) is 6.26. The van der Waals surface area contributed by atoms with Gasteiger partial charge in [-0.25, -0.2) is 0 Å². The van der Waals surface area contributed by atoms with Crippen LogP contribution in [0.4, 0.5) is 0 Å². The van der Waals surface area contributed by atoms with Crippen molar-refractivity contribution in [3.05, 3.63) is 0 Å². The van der Waals surface area contributed by atoms with E-state index in [2.05, 4.69) is 19.2 Å². The molecule has 17 heavy (non-hydrogen) atoms. The van der Waals surface area contributed by atoms with Gasteiger partial charge in [0.1, 0.15) is 0 Å². The fourth-order valence-corrected chi connectivity index (χ4v) is 3.63. The van der Waals surface area contributed by atoms with Gasteiger partial charge in [0.2, 0.25) is 0 Å². The molecule has 0 heterocycles. The highest BCUT2D eigenvalue weighted by Gasteiger charge is 2.30. The smallest absolute Gasteiger partial charge is 0.0586 e. The Morgan fingerprint density at radius 2 is 1.76 bits per heavy atom. The lowest BCUT2D eigenvalue weighted by Crippen LogP contribution is -2.48. The predicted octanol–water partition coefficient (Wildman–Crippen LogP) is 3.36. The first kappa shape index (κ1) is 13.4. The van der Waals surface area contributed by atoms with E-state index in [1.165, 1.54) is 44.9 Å². The lowest BCUT2D eigenvalue weighted by Gasteiger charge is -2.39. The van der Waals surface area contributed by atoms with Crippen molar-refractivity contribution < 1.29 is 4.74 Å². The Kier molecular flexibility index (Phi) is 4.87. The van der Waals surface area contributed by atoms with E-state index in [-0.39, 0.29) is 0 Å². The highest BCUT2D eigenvalue weighted by Crippen LogP contribution is 2.31. The SMILES string of the molecule is COC1CCCC(NC2CCCC(C)C2C)C1. The van der Waals surface area contributed by atoms with Crippen LogP contribution in [0.3, 0.4) is 0 Å². The molecule has 0 aromatic rings. The number of methoxy groups -OCH3 is 1. The van der Waals surface area contributed by atoms with Gasteiger partial charge >= 0.3 is 0 Å². The largest absolute Gasteiger partial charge is 0.381 e. The fraction of sp³-hybridized carbons (Fsp3) is 1.00. The summed E-state index contributed by atoms with van der Waals surface area (Å²) >= 11 is 0. The lowest BCUT2D eigenvalue weighted by molar-refractivity contribution is 0.0522. The predicted molar refractivity (Wildman–Crippen MR) is 72.2 cm³/mol. The number of nitrogens with one attached hydrogen (secondary N) is 1. The third-order valence-corrected chi connectivity index (χ3v) is 5.12. The minimum Gasteiger partial charge on any atom is -0.381 e. The van der Waals surface area contributed by atoms with Crippen LogP contribution in [0.25, 0.3) is 0 Å². The van der Waals surface area contributed by atoms with E-state index < -0.39 is 0 Å². The van der Waals surface area contributed by atoms with Gasteiger partial charge in [-0.2, -0.15) is 0 Å². The first-order chi connectivity index (χ1) is 8.20. The average molecular weight is 239 g/mol. The highest BCUT2D eigenvalue weighted by molar-refractivity contribution is 4.87. The first-order valence-corrected chi connectivity index (χ1v) is 7.49. The lowest BCUT2D eigenvalue weighted by atomic mass is 9.77. The molecule has 5 unspecified atom stereocenters. The van der Waals surface area contributed by atoms with Gasteiger partial charge in [-0.1, -0.05) is 26.7 Å². The molecule has 1 N–H and O–H groups in total. The Hall–Kier alpha value is -0.0800. The van der Waals surface area contributed by atoms with E-state index in [1.54, 1.807) is 0 Å². The van der Waals surface area contributed by atoms with Crippen LogP contribution in [0.15, 0.2) is 0 Å². The number of rotatable bonds is 3. The normalized spacial score (nSPS) is 43.6. The Balaban J connectivity index is 1.83. The summed E-state index contributed by atoms with van der Waals surface area (Å²) in [6.45, 7) is 4.84. The van der Waals surface area contributed by atoms with Gasteiger partial charge in [0.25, 0.3) is 0 Å². The van der Waals surface area contributed by atoms with E-state index >= 15 is 0 Å². The van der Waals surface area contributed by atoms with Crippen LogP contribution >= 0.6 is 0 Å². The monoisotopic (exact) mass is 239 g/mol. The molecule has 100 valence electrons. The van der Waals surface area contributed by atoms with Crippen molar-refractivity contribution in [3.63, 3.8) is 0 Å². The molecule has 2 nitrogen and oxygen atoms in total. The summed E-state index contributed by atoms with van der Waals surface area (Å²) in [5.41, 5.74) is 0. The Labute approximate surface area is 107 Å².